The highest BCUT2D eigenvalue weighted by Crippen LogP contribution is 1.92. The summed E-state index contributed by atoms with van der Waals surface area (Å²) in [5.41, 5.74) is 0. The molecule has 13 heavy (non-hydrogen) atoms. The van der Waals surface area contributed by atoms with E-state index in [0.717, 1.165) is 0 Å². The first-order valence-electron chi connectivity index (χ1n) is 4.09. The lowest BCUT2D eigenvalue weighted by Gasteiger charge is -2.18. The molecule has 0 saturated carbocycles. The van der Waals surface area contributed by atoms with Crippen LogP contribution in [0.5, 0.6) is 0 Å². The van der Waals surface area contributed by atoms with Gasteiger partial charge in [-0.1, -0.05) is 0 Å². The van der Waals surface area contributed by atoms with Crippen molar-refractivity contribution < 1.29 is 14.3 Å². The predicted molar refractivity (Wildman–Crippen MR) is 51.1 cm³/mol. The lowest BCUT2D eigenvalue weighted by molar-refractivity contribution is -0.113. The first-order chi connectivity index (χ1) is 6.20. The van der Waals surface area contributed by atoms with Gasteiger partial charge in [0, 0.05) is 27.3 Å². The Balaban J connectivity index is 3.66. The van der Waals surface area contributed by atoms with Crippen molar-refractivity contribution in [3.05, 3.63) is 0 Å². The Kier molecular flexibility index (Phi) is 8.33. The van der Waals surface area contributed by atoms with Gasteiger partial charge in [0.1, 0.15) is 0 Å². The number of hydrogen-bond acceptors (Lipinski definition) is 4. The van der Waals surface area contributed by atoms with E-state index in [4.69, 9.17) is 21.1 Å². The molecule has 4 nitrogen and oxygen atoms in total. The van der Waals surface area contributed by atoms with Crippen molar-refractivity contribution in [1.82, 2.24) is 4.90 Å². The summed E-state index contributed by atoms with van der Waals surface area (Å²) >= 11 is 5.27. The van der Waals surface area contributed by atoms with Crippen LogP contribution in [0.15, 0.2) is 0 Å². The molecule has 0 rings (SSSR count). The van der Waals surface area contributed by atoms with Crippen molar-refractivity contribution in [3.8, 4) is 0 Å². The Morgan fingerprint density at radius 2 is 1.69 bits per heavy atom. The van der Waals surface area contributed by atoms with Gasteiger partial charge in [-0.3, -0.25) is 9.69 Å². The summed E-state index contributed by atoms with van der Waals surface area (Å²) in [7, 11) is 3.24. The van der Waals surface area contributed by atoms with Crippen LogP contribution in [0.2, 0.25) is 0 Å². The molecule has 0 N–H and O–H groups in total. The summed E-state index contributed by atoms with van der Waals surface area (Å²) in [5, 5.41) is -0.354. The van der Waals surface area contributed by atoms with Crippen molar-refractivity contribution in [2.75, 3.05) is 47.1 Å². The van der Waals surface area contributed by atoms with E-state index in [-0.39, 0.29) is 11.8 Å². The smallest absolute Gasteiger partial charge is 0.235 e. The minimum Gasteiger partial charge on any atom is -0.383 e. The number of halogens is 1. The zero-order valence-electron chi connectivity index (χ0n) is 8.09. The molecule has 0 amide bonds. The van der Waals surface area contributed by atoms with Gasteiger partial charge in [0.15, 0.2) is 0 Å². The second-order valence-corrected chi connectivity index (χ2v) is 3.04. The van der Waals surface area contributed by atoms with Crippen molar-refractivity contribution in [1.29, 1.82) is 0 Å². The fourth-order valence-electron chi connectivity index (χ4n) is 0.886. The van der Waals surface area contributed by atoms with E-state index in [1.807, 2.05) is 4.90 Å². The molecule has 5 heteroatoms. The van der Waals surface area contributed by atoms with Crippen LogP contribution in [-0.4, -0.2) is 57.2 Å². The minimum atomic E-state index is -0.354. The van der Waals surface area contributed by atoms with E-state index in [2.05, 4.69) is 0 Å². The van der Waals surface area contributed by atoms with Crippen LogP contribution in [0.3, 0.4) is 0 Å². The topological polar surface area (TPSA) is 38.8 Å². The van der Waals surface area contributed by atoms with Crippen LogP contribution < -0.4 is 0 Å². The number of nitrogens with zero attached hydrogens (tertiary/aromatic N) is 1. The molecule has 0 bridgehead atoms. The molecule has 0 aliphatic rings. The average molecular weight is 210 g/mol. The lowest BCUT2D eigenvalue weighted by atomic mass is 10.4. The Hall–Kier alpha value is -0.160. The number of carbonyl (C=O) groups is 1. The first kappa shape index (κ1) is 12.8. The lowest BCUT2D eigenvalue weighted by Crippen LogP contribution is -2.33. The molecule has 0 unspecified atom stereocenters. The van der Waals surface area contributed by atoms with Gasteiger partial charge in [-0.05, 0) is 11.6 Å². The minimum absolute atomic E-state index is 0.244. The molecule has 0 aliphatic carbocycles. The van der Waals surface area contributed by atoms with Gasteiger partial charge >= 0.3 is 0 Å². The second kappa shape index (κ2) is 8.44. The van der Waals surface area contributed by atoms with Gasteiger partial charge in [0.05, 0.1) is 19.8 Å². The fourth-order valence-corrected chi connectivity index (χ4v) is 1.06. The number of rotatable bonds is 8. The van der Waals surface area contributed by atoms with Crippen molar-refractivity contribution >= 4 is 16.8 Å². The summed E-state index contributed by atoms with van der Waals surface area (Å²) in [6.07, 6.45) is 0. The molecule has 0 aromatic carbocycles. The van der Waals surface area contributed by atoms with Gasteiger partial charge in [-0.25, -0.2) is 0 Å². The third-order valence-electron chi connectivity index (χ3n) is 1.57. The zero-order chi connectivity index (χ0) is 10.1. The van der Waals surface area contributed by atoms with Crippen LogP contribution in [0.25, 0.3) is 0 Å². The maximum atomic E-state index is 10.6. The van der Waals surface area contributed by atoms with E-state index in [1.165, 1.54) is 0 Å². The molecule has 0 saturated heterocycles. The maximum Gasteiger partial charge on any atom is 0.235 e. The third kappa shape index (κ3) is 8.18. The highest BCUT2D eigenvalue weighted by atomic mass is 35.5. The molecular weight excluding hydrogens is 194 g/mol. The van der Waals surface area contributed by atoms with Crippen molar-refractivity contribution in [2.24, 2.45) is 0 Å². The molecule has 0 radical (unpaired) electrons. The van der Waals surface area contributed by atoms with E-state index < -0.39 is 0 Å². The van der Waals surface area contributed by atoms with Gasteiger partial charge < -0.3 is 9.47 Å². The molecule has 0 fully saturated rings. The number of methoxy groups -OCH3 is 2. The highest BCUT2D eigenvalue weighted by Gasteiger charge is 2.07. The molecule has 0 spiro atoms. The summed E-state index contributed by atoms with van der Waals surface area (Å²) in [5.74, 6) is 0. The fraction of sp³-hybridized carbons (Fsp3) is 0.875. The Bertz CT molecular complexity index is 135. The molecule has 78 valence electrons. The standard InChI is InChI=1S/C8H16ClNO3/c1-12-5-3-10(4-6-13-2)7-8(9)11/h3-7H2,1-2H3. The largest absolute Gasteiger partial charge is 0.383 e. The van der Waals surface area contributed by atoms with E-state index in [9.17, 15) is 4.79 Å². The first-order valence-corrected chi connectivity index (χ1v) is 4.47. The SMILES string of the molecule is COCCN(CCOC)CC(=O)Cl. The molecular formula is C8H16ClNO3. The molecule has 0 aromatic heterocycles. The molecule has 0 aliphatic heterocycles. The van der Waals surface area contributed by atoms with Crippen LogP contribution in [0.1, 0.15) is 0 Å². The average Bonchev–Trinajstić information content (AvgIpc) is 2.09. The predicted octanol–water partition coefficient (Wildman–Crippen LogP) is 0.347. The van der Waals surface area contributed by atoms with E-state index in [1.54, 1.807) is 14.2 Å². The maximum absolute atomic E-state index is 10.6. The molecule has 0 atom stereocenters. The highest BCUT2D eigenvalue weighted by molar-refractivity contribution is 6.64. The van der Waals surface area contributed by atoms with Crippen molar-refractivity contribution in [2.45, 2.75) is 0 Å². The number of ether oxygens (including phenoxy) is 2. The normalized spacial score (nSPS) is 10.8. The Morgan fingerprint density at radius 1 is 1.23 bits per heavy atom. The molecule has 0 aromatic rings. The number of carbonyl (C=O) groups excluding carboxylic acids is 1. The quantitative estimate of drug-likeness (QED) is 0.541. The van der Waals surface area contributed by atoms with Gasteiger partial charge in [-0.15, -0.1) is 0 Å². The zero-order valence-corrected chi connectivity index (χ0v) is 8.84. The van der Waals surface area contributed by atoms with Gasteiger partial charge in [0.2, 0.25) is 5.24 Å². The summed E-state index contributed by atoms with van der Waals surface area (Å²) in [6.45, 7) is 2.81. The number of hydrogen-bond donors (Lipinski definition) is 0. The van der Waals surface area contributed by atoms with Crippen LogP contribution in [0, 0.1) is 0 Å². The second-order valence-electron chi connectivity index (χ2n) is 2.62. The monoisotopic (exact) mass is 209 g/mol. The van der Waals surface area contributed by atoms with E-state index >= 15 is 0 Å². The Labute approximate surface area is 83.7 Å². The molecule has 0 heterocycles. The summed E-state index contributed by atoms with van der Waals surface area (Å²) in [4.78, 5) is 12.5. The Morgan fingerprint density at radius 3 is 2.00 bits per heavy atom. The summed E-state index contributed by atoms with van der Waals surface area (Å²) in [6, 6.07) is 0. The summed E-state index contributed by atoms with van der Waals surface area (Å²) < 4.78 is 9.79. The third-order valence-corrected chi connectivity index (χ3v) is 1.69. The van der Waals surface area contributed by atoms with Crippen LogP contribution >= 0.6 is 11.6 Å². The van der Waals surface area contributed by atoms with Gasteiger partial charge in [0.25, 0.3) is 0 Å². The van der Waals surface area contributed by atoms with Crippen molar-refractivity contribution in [3.63, 3.8) is 0 Å². The van der Waals surface area contributed by atoms with Gasteiger partial charge in [-0.2, -0.15) is 0 Å². The van der Waals surface area contributed by atoms with Crippen LogP contribution in [-0.2, 0) is 14.3 Å². The van der Waals surface area contributed by atoms with Crippen LogP contribution in [0.4, 0.5) is 0 Å². The van der Waals surface area contributed by atoms with E-state index in [0.29, 0.717) is 26.3 Å².